The van der Waals surface area contributed by atoms with Crippen LogP contribution >= 0.6 is 0 Å². The molecule has 0 aromatic heterocycles. The maximum atomic E-state index is 11.3. The van der Waals surface area contributed by atoms with Gasteiger partial charge in [0.2, 0.25) is 4.58 Å². The van der Waals surface area contributed by atoms with Crippen molar-refractivity contribution in [2.75, 3.05) is 13.2 Å². The molecule has 0 aliphatic heterocycles. The fraction of sp³-hybridized carbons (Fsp3) is 1.00. The second-order valence-electron chi connectivity index (χ2n) is 3.77. The van der Waals surface area contributed by atoms with Crippen LogP contribution in [0.2, 0.25) is 0 Å². The lowest BCUT2D eigenvalue weighted by molar-refractivity contribution is 0.223. The number of rotatable bonds is 9. The molecule has 1 N–H and O–H groups in total. The first-order valence-corrected chi connectivity index (χ1v) is 11.1. The molecule has 2 unspecified atom stereocenters. The van der Waals surface area contributed by atoms with Crippen molar-refractivity contribution in [2.24, 2.45) is 0 Å². The van der Waals surface area contributed by atoms with E-state index in [0.717, 1.165) is 0 Å². The van der Waals surface area contributed by atoms with Gasteiger partial charge in [-0.05, 0) is 13.8 Å². The highest BCUT2D eigenvalue weighted by molar-refractivity contribution is 8.04. The van der Waals surface area contributed by atoms with Gasteiger partial charge in [0, 0.05) is 0 Å². The molecule has 12 nitrogen and oxygen atoms in total. The number of hydrogen-bond donors (Lipinski definition) is 1. The summed E-state index contributed by atoms with van der Waals surface area (Å²) >= 11 is 0. The molecule has 0 spiro atoms. The fourth-order valence-electron chi connectivity index (χ4n) is 0.785. The Labute approximate surface area is 128 Å². The molecule has 0 saturated carbocycles. The van der Waals surface area contributed by atoms with Crippen molar-refractivity contribution in [3.05, 3.63) is 0 Å². The van der Waals surface area contributed by atoms with Crippen LogP contribution in [-0.2, 0) is 48.8 Å². The van der Waals surface area contributed by atoms with Crippen LogP contribution < -0.4 is 0 Å². The average molecular weight is 405 g/mol. The van der Waals surface area contributed by atoms with Crippen LogP contribution in [-0.4, -0.2) is 65.2 Å². The zero-order chi connectivity index (χ0) is 18.0. The average Bonchev–Trinajstić information content (AvgIpc) is 2.30. The minimum Gasteiger partial charge on any atom is -0.747 e. The lowest BCUT2D eigenvalue weighted by Gasteiger charge is -2.16. The molecule has 0 aliphatic carbocycles. The van der Waals surface area contributed by atoms with Gasteiger partial charge in [0.25, 0.3) is 30.4 Å². The molecule has 16 heteroatoms. The molecular formula is C6H13O12S4-. The highest BCUT2D eigenvalue weighted by Gasteiger charge is 2.33. The topological polar surface area (TPSA) is 198 Å². The maximum absolute atomic E-state index is 11.3. The van der Waals surface area contributed by atoms with E-state index in [2.05, 4.69) is 8.37 Å². The summed E-state index contributed by atoms with van der Waals surface area (Å²) in [6, 6.07) is 0. The molecular weight excluding hydrogens is 392 g/mol. The predicted molar refractivity (Wildman–Crippen MR) is 69.9 cm³/mol. The summed E-state index contributed by atoms with van der Waals surface area (Å²) in [4.78, 5) is 0. The molecule has 0 radical (unpaired) electrons. The van der Waals surface area contributed by atoms with E-state index in [1.165, 1.54) is 0 Å². The predicted octanol–water partition coefficient (Wildman–Crippen LogP) is -2.20. The summed E-state index contributed by atoms with van der Waals surface area (Å²) in [7, 11) is -19.7. The van der Waals surface area contributed by atoms with Crippen molar-refractivity contribution in [1.29, 1.82) is 0 Å². The minimum absolute atomic E-state index is 0.551. The van der Waals surface area contributed by atoms with Gasteiger partial charge < -0.3 is 4.55 Å². The Morgan fingerprint density at radius 3 is 1.41 bits per heavy atom. The largest absolute Gasteiger partial charge is 0.747 e. The van der Waals surface area contributed by atoms with Crippen LogP contribution in [0, 0.1) is 0 Å². The summed E-state index contributed by atoms with van der Waals surface area (Å²) in [6.45, 7) is -0.837. The van der Waals surface area contributed by atoms with E-state index in [9.17, 15) is 38.2 Å². The standard InChI is InChI=1S/C6H14O12S4/c1-5(19(7,8)9)21(13,14)17-3-4-18-22(15,16)6(2)20(10,11)12/h5-6H,3-4H2,1-2H3,(H,7,8,9)(H,10,11,12)/p-1. The molecule has 22 heavy (non-hydrogen) atoms. The molecule has 0 rings (SSSR count). The summed E-state index contributed by atoms with van der Waals surface area (Å²) in [6.07, 6.45) is 0. The van der Waals surface area contributed by atoms with Gasteiger partial charge in [-0.15, -0.1) is 0 Å². The van der Waals surface area contributed by atoms with Crippen molar-refractivity contribution in [3.8, 4) is 0 Å². The molecule has 2 atom stereocenters. The van der Waals surface area contributed by atoms with E-state index in [-0.39, 0.29) is 0 Å². The Morgan fingerprint density at radius 2 is 1.14 bits per heavy atom. The van der Waals surface area contributed by atoms with Crippen LogP contribution in [0.5, 0.6) is 0 Å². The summed E-state index contributed by atoms with van der Waals surface area (Å²) in [5, 5.41) is 0. The van der Waals surface area contributed by atoms with Crippen LogP contribution in [0.1, 0.15) is 13.8 Å². The second-order valence-corrected chi connectivity index (χ2v) is 11.7. The monoisotopic (exact) mass is 405 g/mol. The van der Waals surface area contributed by atoms with Gasteiger partial charge in [-0.1, -0.05) is 0 Å². The van der Waals surface area contributed by atoms with Gasteiger partial charge in [-0.3, -0.25) is 12.9 Å². The smallest absolute Gasteiger partial charge is 0.287 e. The molecule has 134 valence electrons. The van der Waals surface area contributed by atoms with Crippen LogP contribution in [0.15, 0.2) is 0 Å². The van der Waals surface area contributed by atoms with Gasteiger partial charge in [0.1, 0.15) is 10.1 Å². The fourth-order valence-corrected chi connectivity index (χ4v) is 4.45. The molecule has 0 saturated heterocycles. The highest BCUT2D eigenvalue weighted by Crippen LogP contribution is 2.12. The lowest BCUT2D eigenvalue weighted by Crippen LogP contribution is -2.31. The normalized spacial score (nSPS) is 17.1. The Bertz CT molecular complexity index is 716. The second kappa shape index (κ2) is 7.04. The van der Waals surface area contributed by atoms with Gasteiger partial charge in [0.05, 0.1) is 13.2 Å². The summed E-state index contributed by atoms with van der Waals surface area (Å²) in [5.74, 6) is 0. The third-order valence-corrected chi connectivity index (χ3v) is 9.34. The molecule has 0 aromatic carbocycles. The SMILES string of the molecule is CC(S(=O)(=O)[O-])S(=O)(=O)OCCOS(=O)(=O)C(C)S(=O)(=O)O. The first-order valence-electron chi connectivity index (χ1n) is 5.19. The quantitative estimate of drug-likeness (QED) is 0.247. The summed E-state index contributed by atoms with van der Waals surface area (Å²) in [5.41, 5.74) is 0. The van der Waals surface area contributed by atoms with Crippen molar-refractivity contribution in [3.63, 3.8) is 0 Å². The molecule has 0 aliphatic rings. The molecule has 0 fully saturated rings. The molecule has 0 amide bonds. The third kappa shape index (κ3) is 6.41. The van der Waals surface area contributed by atoms with Crippen molar-refractivity contribution >= 4 is 40.5 Å². The zero-order valence-corrected chi connectivity index (χ0v) is 14.4. The lowest BCUT2D eigenvalue weighted by atomic mass is 10.8. The van der Waals surface area contributed by atoms with Crippen LogP contribution in [0.4, 0.5) is 0 Å². The van der Waals surface area contributed by atoms with E-state index in [0.29, 0.717) is 13.8 Å². The minimum atomic E-state index is -5.19. The first kappa shape index (κ1) is 21.6. The van der Waals surface area contributed by atoms with Crippen LogP contribution in [0.25, 0.3) is 0 Å². The summed E-state index contributed by atoms with van der Waals surface area (Å²) < 4.78 is 110. The molecule has 0 bridgehead atoms. The first-order chi connectivity index (χ1) is 9.52. The van der Waals surface area contributed by atoms with Gasteiger partial charge in [-0.2, -0.15) is 25.3 Å². The van der Waals surface area contributed by atoms with Gasteiger partial charge in [-0.25, -0.2) is 8.42 Å². The van der Waals surface area contributed by atoms with E-state index < -0.39 is 62.9 Å². The molecule has 0 aromatic rings. The van der Waals surface area contributed by atoms with E-state index >= 15 is 0 Å². The highest BCUT2D eigenvalue weighted by atomic mass is 32.3. The maximum Gasteiger partial charge on any atom is 0.287 e. The van der Waals surface area contributed by atoms with E-state index in [4.69, 9.17) is 4.55 Å². The van der Waals surface area contributed by atoms with Crippen molar-refractivity contribution < 1.29 is 51.1 Å². The van der Waals surface area contributed by atoms with E-state index in [1.807, 2.05) is 0 Å². The van der Waals surface area contributed by atoms with Gasteiger partial charge >= 0.3 is 0 Å². The Hall–Kier alpha value is -0.360. The Kier molecular flexibility index (Phi) is 6.92. The van der Waals surface area contributed by atoms with Crippen molar-refractivity contribution in [2.45, 2.75) is 23.0 Å². The molecule has 0 heterocycles. The van der Waals surface area contributed by atoms with Gasteiger partial charge in [0.15, 0.2) is 4.58 Å². The van der Waals surface area contributed by atoms with Crippen molar-refractivity contribution in [1.82, 2.24) is 0 Å². The zero-order valence-electron chi connectivity index (χ0n) is 11.1. The third-order valence-electron chi connectivity index (χ3n) is 2.22. The van der Waals surface area contributed by atoms with Crippen LogP contribution in [0.3, 0.4) is 0 Å². The number of hydrogen-bond acceptors (Lipinski definition) is 11. The Morgan fingerprint density at radius 1 is 0.818 bits per heavy atom. The van der Waals surface area contributed by atoms with E-state index in [1.54, 1.807) is 0 Å². The Balaban J connectivity index is 4.71.